The standard InChI is InChI=1S/C29H43N5O8/c1-14(2)30-26-34-19-12-17(11-15(3)21(19)25(39)41-26)32-23(36)20(13-18(24(37)38)28(5,6)7)33-22(35)16(4)31-27(40)42-29(8,9)10/h11-12,14,16,18,20H,13H2,1-10H3,(H,30,34)(H,31,40)(H,32,36)(H,33,35)(H,37,38)/t16-,18?,20-/m0/s1. The van der Waals surface area contributed by atoms with Gasteiger partial charge in [-0.1, -0.05) is 20.8 Å². The molecule has 1 heterocycles. The van der Waals surface area contributed by atoms with Crippen LogP contribution in [0.3, 0.4) is 0 Å². The number of aryl methyl sites for hydroxylation is 1. The first-order valence-corrected chi connectivity index (χ1v) is 13.7. The van der Waals surface area contributed by atoms with Crippen molar-refractivity contribution in [3.8, 4) is 0 Å². The van der Waals surface area contributed by atoms with Crippen molar-refractivity contribution >= 4 is 46.5 Å². The molecule has 0 radical (unpaired) electrons. The van der Waals surface area contributed by atoms with Crippen LogP contribution in [-0.4, -0.2) is 57.7 Å². The SMILES string of the molecule is Cc1cc(NC(=O)[C@H](CC(C(=O)O)C(C)(C)C)NC(=O)[C@H](C)NC(=O)OC(C)(C)C)cc2nc(NC(C)C)oc(=O)c12. The Morgan fingerprint density at radius 2 is 1.62 bits per heavy atom. The molecule has 232 valence electrons. The number of rotatable bonds is 10. The van der Waals surface area contributed by atoms with Crippen LogP contribution in [0.15, 0.2) is 21.3 Å². The Labute approximate surface area is 245 Å². The number of aromatic nitrogens is 1. The number of fused-ring (bicyclic) bond motifs is 1. The minimum absolute atomic E-state index is 0.0245. The highest BCUT2D eigenvalue weighted by Gasteiger charge is 2.37. The lowest BCUT2D eigenvalue weighted by atomic mass is 9.77. The van der Waals surface area contributed by atoms with E-state index in [-0.39, 0.29) is 35.1 Å². The third-order valence-electron chi connectivity index (χ3n) is 6.18. The first-order valence-electron chi connectivity index (χ1n) is 13.7. The first-order chi connectivity index (χ1) is 19.2. The van der Waals surface area contributed by atoms with Crippen LogP contribution in [0.5, 0.6) is 0 Å². The molecule has 1 aromatic carbocycles. The highest BCUT2D eigenvalue weighted by molar-refractivity contribution is 6.00. The molecular weight excluding hydrogens is 546 g/mol. The van der Waals surface area contributed by atoms with Crippen molar-refractivity contribution in [2.45, 2.75) is 99.4 Å². The zero-order valence-electron chi connectivity index (χ0n) is 25.9. The van der Waals surface area contributed by atoms with E-state index in [1.165, 1.54) is 13.0 Å². The average molecular weight is 590 g/mol. The molecule has 13 heteroatoms. The number of hydrogen-bond acceptors (Lipinski definition) is 9. The zero-order chi connectivity index (χ0) is 32.2. The summed E-state index contributed by atoms with van der Waals surface area (Å²) < 4.78 is 10.4. The lowest BCUT2D eigenvalue weighted by Gasteiger charge is -2.31. The van der Waals surface area contributed by atoms with E-state index >= 15 is 0 Å². The second kappa shape index (κ2) is 13.2. The van der Waals surface area contributed by atoms with Crippen LogP contribution in [0.25, 0.3) is 10.9 Å². The van der Waals surface area contributed by atoms with Gasteiger partial charge in [-0.15, -0.1) is 0 Å². The van der Waals surface area contributed by atoms with Crippen molar-refractivity contribution in [1.29, 1.82) is 0 Å². The van der Waals surface area contributed by atoms with Gasteiger partial charge in [-0.25, -0.2) is 9.59 Å². The summed E-state index contributed by atoms with van der Waals surface area (Å²) in [5.41, 5.74) is -1.08. The normalized spacial score (nSPS) is 14.1. The Balaban J connectivity index is 2.39. The maximum Gasteiger partial charge on any atom is 0.408 e. The van der Waals surface area contributed by atoms with Gasteiger partial charge in [-0.3, -0.25) is 14.4 Å². The van der Waals surface area contributed by atoms with E-state index in [9.17, 15) is 29.1 Å². The predicted molar refractivity (Wildman–Crippen MR) is 158 cm³/mol. The number of benzene rings is 1. The fourth-order valence-corrected chi connectivity index (χ4v) is 4.14. The van der Waals surface area contributed by atoms with Crippen molar-refractivity contribution < 1.29 is 33.4 Å². The number of carbonyl (C=O) groups excluding carboxylic acids is 3. The highest BCUT2D eigenvalue weighted by atomic mass is 16.6. The second-order valence-corrected chi connectivity index (χ2v) is 12.7. The molecule has 1 unspecified atom stereocenters. The number of nitrogens with zero attached hydrogens (tertiary/aromatic N) is 1. The van der Waals surface area contributed by atoms with E-state index in [1.54, 1.807) is 54.5 Å². The summed E-state index contributed by atoms with van der Waals surface area (Å²) in [5.74, 6) is -3.53. The van der Waals surface area contributed by atoms with E-state index in [4.69, 9.17) is 9.15 Å². The quantitative estimate of drug-likeness (QED) is 0.273. The van der Waals surface area contributed by atoms with Gasteiger partial charge in [0, 0.05) is 11.7 Å². The number of amides is 3. The van der Waals surface area contributed by atoms with Gasteiger partial charge in [0.1, 0.15) is 17.7 Å². The fraction of sp³-hybridized carbons (Fsp3) is 0.586. The number of ether oxygens (including phenoxy) is 1. The number of alkyl carbamates (subject to hydrolysis) is 1. The van der Waals surface area contributed by atoms with Gasteiger partial charge in [0.25, 0.3) is 6.01 Å². The molecule has 3 amide bonds. The van der Waals surface area contributed by atoms with E-state index in [2.05, 4.69) is 26.3 Å². The van der Waals surface area contributed by atoms with Gasteiger partial charge in [0.2, 0.25) is 11.8 Å². The highest BCUT2D eigenvalue weighted by Crippen LogP contribution is 2.30. The summed E-state index contributed by atoms with van der Waals surface area (Å²) in [6.07, 6.45) is -1.05. The van der Waals surface area contributed by atoms with Crippen LogP contribution in [0.2, 0.25) is 0 Å². The van der Waals surface area contributed by atoms with Crippen molar-refractivity contribution in [1.82, 2.24) is 15.6 Å². The minimum Gasteiger partial charge on any atom is -0.481 e. The Bertz CT molecular complexity index is 1390. The van der Waals surface area contributed by atoms with Crippen LogP contribution in [0.1, 0.15) is 74.3 Å². The van der Waals surface area contributed by atoms with E-state index < -0.39 is 58.5 Å². The third-order valence-corrected chi connectivity index (χ3v) is 6.18. The number of aliphatic carboxylic acids is 1. The number of anilines is 2. The molecule has 0 saturated carbocycles. The number of carboxylic acids is 1. The minimum atomic E-state index is -1.29. The molecular formula is C29H43N5O8. The van der Waals surface area contributed by atoms with Gasteiger partial charge >= 0.3 is 17.7 Å². The second-order valence-electron chi connectivity index (χ2n) is 12.7. The molecule has 0 saturated heterocycles. The number of hydrogen-bond donors (Lipinski definition) is 5. The molecule has 3 atom stereocenters. The Morgan fingerprint density at radius 1 is 1.00 bits per heavy atom. The lowest BCUT2D eigenvalue weighted by molar-refractivity contribution is -0.146. The van der Waals surface area contributed by atoms with E-state index in [0.29, 0.717) is 5.56 Å². The van der Waals surface area contributed by atoms with Crippen molar-refractivity contribution in [2.24, 2.45) is 11.3 Å². The molecule has 42 heavy (non-hydrogen) atoms. The number of carbonyl (C=O) groups is 4. The molecule has 0 aliphatic carbocycles. The third kappa shape index (κ3) is 9.74. The smallest absolute Gasteiger partial charge is 0.408 e. The van der Waals surface area contributed by atoms with Crippen LogP contribution in [0.4, 0.5) is 16.5 Å². The number of carboxylic acid groups (broad SMARTS) is 1. The topological polar surface area (TPSA) is 189 Å². The van der Waals surface area contributed by atoms with E-state index in [1.807, 2.05) is 13.8 Å². The van der Waals surface area contributed by atoms with Gasteiger partial charge in [0.05, 0.1) is 16.8 Å². The molecule has 13 nitrogen and oxygen atoms in total. The Kier molecular flexibility index (Phi) is 10.7. The predicted octanol–water partition coefficient (Wildman–Crippen LogP) is 3.79. The van der Waals surface area contributed by atoms with Crippen LogP contribution in [-0.2, 0) is 19.1 Å². The molecule has 1 aromatic heterocycles. The maximum atomic E-state index is 13.5. The van der Waals surface area contributed by atoms with Gasteiger partial charge in [-0.2, -0.15) is 4.98 Å². The molecule has 2 rings (SSSR count). The Morgan fingerprint density at radius 3 is 2.14 bits per heavy atom. The molecule has 0 spiro atoms. The fourth-order valence-electron chi connectivity index (χ4n) is 4.14. The van der Waals surface area contributed by atoms with Crippen molar-refractivity contribution in [3.05, 3.63) is 28.1 Å². The zero-order valence-corrected chi connectivity index (χ0v) is 25.9. The van der Waals surface area contributed by atoms with Gasteiger partial charge in [0.15, 0.2) is 0 Å². The van der Waals surface area contributed by atoms with Gasteiger partial charge in [-0.05, 0) is 78.0 Å². The average Bonchev–Trinajstić information content (AvgIpc) is 2.77. The Hall–Kier alpha value is -4.16. The van der Waals surface area contributed by atoms with Crippen molar-refractivity contribution in [3.63, 3.8) is 0 Å². The largest absolute Gasteiger partial charge is 0.481 e. The van der Waals surface area contributed by atoms with Crippen LogP contribution < -0.4 is 26.9 Å². The molecule has 0 aliphatic rings. The summed E-state index contributed by atoms with van der Waals surface area (Å²) in [5, 5.41) is 20.8. The molecule has 0 bridgehead atoms. The van der Waals surface area contributed by atoms with Crippen molar-refractivity contribution in [2.75, 3.05) is 10.6 Å². The van der Waals surface area contributed by atoms with Gasteiger partial charge < -0.3 is 35.5 Å². The molecule has 2 aromatic rings. The van der Waals surface area contributed by atoms with Crippen LogP contribution in [0, 0.1) is 18.3 Å². The summed E-state index contributed by atoms with van der Waals surface area (Å²) in [7, 11) is 0. The molecule has 0 fully saturated rings. The monoisotopic (exact) mass is 589 g/mol. The summed E-state index contributed by atoms with van der Waals surface area (Å²) >= 11 is 0. The number of nitrogens with one attached hydrogen (secondary N) is 4. The molecule has 0 aliphatic heterocycles. The summed E-state index contributed by atoms with van der Waals surface area (Å²) in [6, 6.07) is 0.639. The first kappa shape index (κ1) is 34.0. The maximum absolute atomic E-state index is 13.5. The summed E-state index contributed by atoms with van der Waals surface area (Å²) in [4.78, 5) is 67.8. The van der Waals surface area contributed by atoms with Crippen LogP contribution >= 0.6 is 0 Å². The molecule has 5 N–H and O–H groups in total. The summed E-state index contributed by atoms with van der Waals surface area (Å²) in [6.45, 7) is 17.0. The van der Waals surface area contributed by atoms with E-state index in [0.717, 1.165) is 0 Å². The lowest BCUT2D eigenvalue weighted by Crippen LogP contribution is -2.53.